The summed E-state index contributed by atoms with van der Waals surface area (Å²) in [4.78, 5) is 16.0. The van der Waals surface area contributed by atoms with E-state index in [2.05, 4.69) is 10.1 Å². The van der Waals surface area contributed by atoms with E-state index in [4.69, 9.17) is 5.73 Å². The summed E-state index contributed by atoms with van der Waals surface area (Å²) >= 11 is 1.29. The second-order valence-electron chi connectivity index (χ2n) is 5.88. The Morgan fingerprint density at radius 3 is 2.75 bits per heavy atom. The fraction of sp³-hybridized carbons (Fsp3) is 0.500. The average molecular weight is 369 g/mol. The normalized spacial score (nSPS) is 19.5. The monoisotopic (exact) mass is 369 g/mol. The predicted molar refractivity (Wildman–Crippen MR) is 89.4 cm³/mol. The summed E-state index contributed by atoms with van der Waals surface area (Å²) in [5, 5.41) is 4.05. The minimum Gasteiger partial charge on any atom is -0.363 e. The summed E-state index contributed by atoms with van der Waals surface area (Å²) in [6, 6.07) is 1.57. The van der Waals surface area contributed by atoms with E-state index in [0.29, 0.717) is 17.3 Å². The van der Waals surface area contributed by atoms with Crippen molar-refractivity contribution < 1.29 is 13.2 Å². The zero-order chi connectivity index (χ0) is 17.5. The van der Waals surface area contributed by atoms with Gasteiger partial charge in [-0.3, -0.25) is 4.79 Å². The van der Waals surface area contributed by atoms with Gasteiger partial charge in [-0.1, -0.05) is 0 Å². The maximum Gasteiger partial charge on any atom is 0.288 e. The van der Waals surface area contributed by atoms with Gasteiger partial charge < -0.3 is 5.73 Å². The van der Waals surface area contributed by atoms with Crippen LogP contribution in [0.2, 0.25) is 0 Å². The summed E-state index contributed by atoms with van der Waals surface area (Å²) in [6.45, 7) is 4.61. The molecular weight excluding hydrogens is 350 g/mol. The minimum atomic E-state index is -3.52. The van der Waals surface area contributed by atoms with Gasteiger partial charge in [0.2, 0.25) is 5.82 Å². The molecule has 2 aromatic heterocycles. The highest BCUT2D eigenvalue weighted by Crippen LogP contribution is 2.31. The molecule has 1 fully saturated rings. The lowest BCUT2D eigenvalue weighted by atomic mass is 10.1. The summed E-state index contributed by atoms with van der Waals surface area (Å²) in [5.41, 5.74) is 6.14. The van der Waals surface area contributed by atoms with Gasteiger partial charge in [-0.25, -0.2) is 18.1 Å². The molecule has 1 amide bonds. The lowest BCUT2D eigenvalue weighted by Gasteiger charge is -2.31. The Hall–Kier alpha value is -1.78. The fourth-order valence-corrected chi connectivity index (χ4v) is 5.90. The molecule has 3 heterocycles. The topological polar surface area (TPSA) is 111 Å². The van der Waals surface area contributed by atoms with Crippen LogP contribution in [0.5, 0.6) is 0 Å². The summed E-state index contributed by atoms with van der Waals surface area (Å²) < 4.78 is 29.1. The Kier molecular flexibility index (Phi) is 4.45. The van der Waals surface area contributed by atoms with Crippen LogP contribution in [0.1, 0.15) is 39.9 Å². The molecule has 3 rings (SSSR count). The smallest absolute Gasteiger partial charge is 0.288 e. The second kappa shape index (κ2) is 6.26. The molecule has 8 nitrogen and oxygen atoms in total. The molecule has 2 N–H and O–H groups in total. The molecule has 10 heteroatoms. The Labute approximate surface area is 144 Å². The first-order valence-corrected chi connectivity index (χ1v) is 9.83. The molecule has 0 bridgehead atoms. The van der Waals surface area contributed by atoms with Crippen LogP contribution in [-0.2, 0) is 10.0 Å². The van der Waals surface area contributed by atoms with Gasteiger partial charge >= 0.3 is 0 Å². The number of primary amides is 1. The molecule has 1 aliphatic heterocycles. The molecule has 0 aromatic carbocycles. The molecule has 0 saturated carbocycles. The Morgan fingerprint density at radius 1 is 1.42 bits per heavy atom. The van der Waals surface area contributed by atoms with Gasteiger partial charge in [-0.05, 0) is 38.3 Å². The number of hydrogen-bond donors (Lipinski definition) is 1. The van der Waals surface area contributed by atoms with E-state index in [1.807, 2.05) is 13.8 Å². The largest absolute Gasteiger partial charge is 0.363 e. The molecule has 1 saturated heterocycles. The molecule has 0 aliphatic carbocycles. The quantitative estimate of drug-likeness (QED) is 0.867. The van der Waals surface area contributed by atoms with Gasteiger partial charge in [0.05, 0.1) is 6.04 Å². The van der Waals surface area contributed by atoms with Crippen LogP contribution in [0.4, 0.5) is 0 Å². The number of hydrogen-bond acceptors (Lipinski definition) is 6. The van der Waals surface area contributed by atoms with Crippen LogP contribution in [0.3, 0.4) is 0 Å². The third-order valence-electron chi connectivity index (χ3n) is 4.20. The molecule has 1 atom stereocenters. The maximum absolute atomic E-state index is 12.9. The van der Waals surface area contributed by atoms with Gasteiger partial charge in [0.1, 0.15) is 10.5 Å². The number of amides is 1. The van der Waals surface area contributed by atoms with Gasteiger partial charge in [0.15, 0.2) is 0 Å². The SMILES string of the molecule is Cc1cc(S(=O)(=O)N2CCCC(n3cnc(C(N)=O)n3)C2)sc1C. The highest BCUT2D eigenvalue weighted by Gasteiger charge is 2.32. The number of thiophene rings is 1. The van der Waals surface area contributed by atoms with Crippen LogP contribution in [0, 0.1) is 13.8 Å². The van der Waals surface area contributed by atoms with Crippen LogP contribution in [0.15, 0.2) is 16.6 Å². The number of aromatic nitrogens is 3. The van der Waals surface area contributed by atoms with E-state index in [0.717, 1.165) is 23.3 Å². The molecule has 1 unspecified atom stereocenters. The van der Waals surface area contributed by atoms with Crippen molar-refractivity contribution in [2.75, 3.05) is 13.1 Å². The molecule has 0 radical (unpaired) electrons. The highest BCUT2D eigenvalue weighted by atomic mass is 32.2. The van der Waals surface area contributed by atoms with Crippen molar-refractivity contribution in [1.82, 2.24) is 19.1 Å². The summed E-state index contributed by atoms with van der Waals surface area (Å²) in [7, 11) is -3.52. The maximum atomic E-state index is 12.9. The molecular formula is C14H19N5O3S2. The molecule has 24 heavy (non-hydrogen) atoms. The first kappa shape index (κ1) is 17.1. The Morgan fingerprint density at radius 2 is 2.17 bits per heavy atom. The predicted octanol–water partition coefficient (Wildman–Crippen LogP) is 1.08. The third kappa shape index (κ3) is 3.08. The molecule has 130 valence electrons. The Balaban J connectivity index is 1.83. The van der Waals surface area contributed by atoms with E-state index in [1.54, 1.807) is 6.07 Å². The zero-order valence-electron chi connectivity index (χ0n) is 13.5. The van der Waals surface area contributed by atoms with Crippen molar-refractivity contribution in [3.63, 3.8) is 0 Å². The zero-order valence-corrected chi connectivity index (χ0v) is 15.1. The number of carbonyl (C=O) groups excluding carboxylic acids is 1. The number of sulfonamides is 1. The van der Waals surface area contributed by atoms with E-state index in [9.17, 15) is 13.2 Å². The number of nitrogens with two attached hydrogens (primary N) is 1. The molecule has 2 aromatic rings. The van der Waals surface area contributed by atoms with Crippen LogP contribution in [-0.4, -0.2) is 46.5 Å². The lowest BCUT2D eigenvalue weighted by molar-refractivity contribution is 0.0989. The van der Waals surface area contributed by atoms with Crippen molar-refractivity contribution in [3.8, 4) is 0 Å². The van der Waals surface area contributed by atoms with Crippen molar-refractivity contribution in [2.24, 2.45) is 5.73 Å². The Bertz CT molecular complexity index is 851. The lowest BCUT2D eigenvalue weighted by Crippen LogP contribution is -2.40. The van der Waals surface area contributed by atoms with E-state index in [1.165, 1.54) is 26.7 Å². The fourth-order valence-electron chi connectivity index (χ4n) is 2.71. The first-order chi connectivity index (χ1) is 11.3. The third-order valence-corrected chi connectivity index (χ3v) is 7.67. The molecule has 1 aliphatic rings. The van der Waals surface area contributed by atoms with Crippen molar-refractivity contribution in [2.45, 2.75) is 36.9 Å². The number of nitrogens with zero attached hydrogens (tertiary/aromatic N) is 4. The van der Waals surface area contributed by atoms with Gasteiger partial charge in [-0.2, -0.15) is 4.31 Å². The summed E-state index contributed by atoms with van der Waals surface area (Å²) in [5.74, 6) is -0.752. The van der Waals surface area contributed by atoms with E-state index < -0.39 is 15.9 Å². The minimum absolute atomic E-state index is 0.0560. The average Bonchev–Trinajstić information content (AvgIpc) is 3.16. The van der Waals surface area contributed by atoms with Crippen molar-refractivity contribution in [1.29, 1.82) is 0 Å². The van der Waals surface area contributed by atoms with Gasteiger partial charge in [0.25, 0.3) is 15.9 Å². The first-order valence-electron chi connectivity index (χ1n) is 7.57. The van der Waals surface area contributed by atoms with Crippen molar-refractivity contribution >= 4 is 27.3 Å². The standard InChI is InChI=1S/C14H19N5O3S2/c1-9-6-12(23-10(9)2)24(21,22)18-5-3-4-11(7-18)19-8-16-14(17-19)13(15)20/h6,8,11H,3-5,7H2,1-2H3,(H2,15,20). The number of rotatable bonds is 4. The van der Waals surface area contributed by atoms with Crippen LogP contribution in [0.25, 0.3) is 0 Å². The summed E-state index contributed by atoms with van der Waals surface area (Å²) in [6.07, 6.45) is 2.93. The second-order valence-corrected chi connectivity index (χ2v) is 9.30. The van der Waals surface area contributed by atoms with Gasteiger partial charge in [0, 0.05) is 18.0 Å². The highest BCUT2D eigenvalue weighted by molar-refractivity contribution is 7.91. The van der Waals surface area contributed by atoms with Crippen LogP contribution < -0.4 is 5.73 Å². The molecule has 0 spiro atoms. The number of aryl methyl sites for hydroxylation is 2. The van der Waals surface area contributed by atoms with E-state index >= 15 is 0 Å². The van der Waals surface area contributed by atoms with E-state index in [-0.39, 0.29) is 11.9 Å². The number of piperidine rings is 1. The van der Waals surface area contributed by atoms with Gasteiger partial charge in [-0.15, -0.1) is 16.4 Å². The van der Waals surface area contributed by atoms with Crippen LogP contribution >= 0.6 is 11.3 Å². The van der Waals surface area contributed by atoms with Crippen molar-refractivity contribution in [3.05, 3.63) is 28.7 Å². The number of carbonyl (C=O) groups is 1.